The van der Waals surface area contributed by atoms with Gasteiger partial charge in [-0.05, 0) is 30.8 Å². The van der Waals surface area contributed by atoms with Crippen molar-refractivity contribution >= 4 is 23.3 Å². The molecule has 6 heteroatoms. The molecule has 102 valence electrons. The lowest BCUT2D eigenvalue weighted by atomic mass is 10.1. The van der Waals surface area contributed by atoms with Crippen molar-refractivity contribution in [3.05, 3.63) is 23.8 Å². The average Bonchev–Trinajstić information content (AvgIpc) is 2.65. The van der Waals surface area contributed by atoms with E-state index in [1.807, 2.05) is 18.2 Å². The molecule has 0 aromatic heterocycles. The highest BCUT2D eigenvalue weighted by molar-refractivity contribution is 6.01. The summed E-state index contributed by atoms with van der Waals surface area (Å²) in [6.07, 6.45) is 0.399. The van der Waals surface area contributed by atoms with Gasteiger partial charge in [0.15, 0.2) is 0 Å². The molecule has 0 spiro atoms. The van der Waals surface area contributed by atoms with Gasteiger partial charge in [0.25, 0.3) is 0 Å². The SMILES string of the molecule is CNC(CNc1ccc2c(c1)CC(=O)N2C)C(=O)O. The quantitative estimate of drug-likeness (QED) is 0.711. The fourth-order valence-corrected chi connectivity index (χ4v) is 2.11. The predicted octanol–water partition coefficient (Wildman–Crippen LogP) is 0.290. The van der Waals surface area contributed by atoms with Crippen LogP contribution in [0.25, 0.3) is 0 Å². The number of carboxylic acid groups (broad SMARTS) is 1. The molecule has 0 saturated heterocycles. The molecule has 0 saturated carbocycles. The number of rotatable bonds is 5. The van der Waals surface area contributed by atoms with E-state index in [-0.39, 0.29) is 12.5 Å². The van der Waals surface area contributed by atoms with Crippen molar-refractivity contribution in [1.29, 1.82) is 0 Å². The molecule has 3 N–H and O–H groups in total. The van der Waals surface area contributed by atoms with Crippen LogP contribution in [0.2, 0.25) is 0 Å². The number of carboxylic acids is 1. The average molecular weight is 263 g/mol. The van der Waals surface area contributed by atoms with E-state index < -0.39 is 12.0 Å². The Kier molecular flexibility index (Phi) is 3.71. The summed E-state index contributed by atoms with van der Waals surface area (Å²) in [5.74, 6) is -0.822. The lowest BCUT2D eigenvalue weighted by Gasteiger charge is -2.14. The van der Waals surface area contributed by atoms with Crippen LogP contribution in [0.3, 0.4) is 0 Å². The van der Waals surface area contributed by atoms with E-state index in [1.54, 1.807) is 19.0 Å². The maximum Gasteiger partial charge on any atom is 0.322 e. The molecule has 1 aliphatic heterocycles. The second-order valence-corrected chi connectivity index (χ2v) is 4.53. The molecule has 2 rings (SSSR count). The Morgan fingerprint density at radius 1 is 1.53 bits per heavy atom. The molecule has 1 unspecified atom stereocenters. The van der Waals surface area contributed by atoms with Gasteiger partial charge in [-0.15, -0.1) is 0 Å². The van der Waals surface area contributed by atoms with Gasteiger partial charge in [0.2, 0.25) is 5.91 Å². The predicted molar refractivity (Wildman–Crippen MR) is 72.5 cm³/mol. The van der Waals surface area contributed by atoms with Gasteiger partial charge in [-0.1, -0.05) is 0 Å². The van der Waals surface area contributed by atoms with E-state index in [0.717, 1.165) is 16.9 Å². The molecule has 0 radical (unpaired) electrons. The summed E-state index contributed by atoms with van der Waals surface area (Å²) in [7, 11) is 3.36. The van der Waals surface area contributed by atoms with E-state index >= 15 is 0 Å². The van der Waals surface area contributed by atoms with E-state index in [4.69, 9.17) is 5.11 Å². The topological polar surface area (TPSA) is 81.7 Å². The van der Waals surface area contributed by atoms with Gasteiger partial charge in [0, 0.05) is 25.0 Å². The number of carbonyl (C=O) groups is 2. The Balaban J connectivity index is 2.06. The Morgan fingerprint density at radius 2 is 2.26 bits per heavy atom. The van der Waals surface area contributed by atoms with E-state index in [2.05, 4.69) is 10.6 Å². The first-order chi connectivity index (χ1) is 9.02. The number of nitrogens with one attached hydrogen (secondary N) is 2. The van der Waals surface area contributed by atoms with Crippen LogP contribution in [-0.2, 0) is 16.0 Å². The van der Waals surface area contributed by atoms with Gasteiger partial charge in [0.1, 0.15) is 6.04 Å². The maximum absolute atomic E-state index is 11.6. The van der Waals surface area contributed by atoms with Crippen molar-refractivity contribution in [2.24, 2.45) is 0 Å². The summed E-state index contributed by atoms with van der Waals surface area (Å²) >= 11 is 0. The minimum absolute atomic E-state index is 0.0748. The smallest absolute Gasteiger partial charge is 0.322 e. The minimum Gasteiger partial charge on any atom is -0.480 e. The molecule has 0 aliphatic carbocycles. The first-order valence-electron chi connectivity index (χ1n) is 6.06. The van der Waals surface area contributed by atoms with Crippen molar-refractivity contribution in [3.63, 3.8) is 0 Å². The second-order valence-electron chi connectivity index (χ2n) is 4.53. The number of benzene rings is 1. The normalized spacial score (nSPS) is 15.3. The summed E-state index contributed by atoms with van der Waals surface area (Å²) in [5.41, 5.74) is 2.70. The van der Waals surface area contributed by atoms with Crippen LogP contribution in [-0.4, -0.2) is 43.7 Å². The number of likely N-dealkylation sites (N-methyl/N-ethyl adjacent to an activating group) is 2. The number of carbonyl (C=O) groups excluding carboxylic acids is 1. The molecule has 1 aromatic rings. The number of amides is 1. The van der Waals surface area contributed by atoms with Gasteiger partial charge in [-0.3, -0.25) is 9.59 Å². The third-order valence-electron chi connectivity index (χ3n) is 3.31. The van der Waals surface area contributed by atoms with E-state index in [9.17, 15) is 9.59 Å². The Hall–Kier alpha value is -2.08. The molecule has 0 bridgehead atoms. The molecule has 6 nitrogen and oxygen atoms in total. The molecule has 1 atom stereocenters. The van der Waals surface area contributed by atoms with Crippen LogP contribution in [0, 0.1) is 0 Å². The second kappa shape index (κ2) is 5.27. The van der Waals surface area contributed by atoms with Crippen LogP contribution < -0.4 is 15.5 Å². The van der Waals surface area contributed by atoms with Crippen LogP contribution in [0.5, 0.6) is 0 Å². The van der Waals surface area contributed by atoms with E-state index in [1.165, 1.54) is 0 Å². The van der Waals surface area contributed by atoms with Crippen molar-refractivity contribution in [2.45, 2.75) is 12.5 Å². The number of aliphatic carboxylic acids is 1. The molecule has 1 amide bonds. The molecule has 0 fully saturated rings. The highest BCUT2D eigenvalue weighted by atomic mass is 16.4. The number of hydrogen-bond acceptors (Lipinski definition) is 4. The molecular weight excluding hydrogens is 246 g/mol. The maximum atomic E-state index is 11.6. The standard InChI is InChI=1S/C13H17N3O3/c1-14-10(13(18)19)7-15-9-3-4-11-8(5-9)6-12(17)16(11)2/h3-5,10,14-15H,6-7H2,1-2H3,(H,18,19). The molecule has 1 heterocycles. The monoisotopic (exact) mass is 263 g/mol. The zero-order valence-corrected chi connectivity index (χ0v) is 10.9. The Labute approximate surface area is 111 Å². The third-order valence-corrected chi connectivity index (χ3v) is 3.31. The fourth-order valence-electron chi connectivity index (χ4n) is 2.11. The molecule has 1 aromatic carbocycles. The summed E-state index contributed by atoms with van der Waals surface area (Å²) in [5, 5.41) is 14.7. The number of hydrogen-bond donors (Lipinski definition) is 3. The van der Waals surface area contributed by atoms with Crippen molar-refractivity contribution < 1.29 is 14.7 Å². The van der Waals surface area contributed by atoms with Gasteiger partial charge >= 0.3 is 5.97 Å². The largest absolute Gasteiger partial charge is 0.480 e. The molecule has 1 aliphatic rings. The summed E-state index contributed by atoms with van der Waals surface area (Å²) < 4.78 is 0. The van der Waals surface area contributed by atoms with Gasteiger partial charge < -0.3 is 20.6 Å². The van der Waals surface area contributed by atoms with Crippen molar-refractivity contribution in [2.75, 3.05) is 30.9 Å². The van der Waals surface area contributed by atoms with Gasteiger partial charge in [0.05, 0.1) is 6.42 Å². The van der Waals surface area contributed by atoms with Crippen LogP contribution in [0.15, 0.2) is 18.2 Å². The van der Waals surface area contributed by atoms with Crippen molar-refractivity contribution in [1.82, 2.24) is 5.32 Å². The summed E-state index contributed by atoms with van der Waals surface area (Å²) in [6, 6.07) is 4.98. The van der Waals surface area contributed by atoms with Gasteiger partial charge in [-0.25, -0.2) is 0 Å². The van der Waals surface area contributed by atoms with Crippen molar-refractivity contribution in [3.8, 4) is 0 Å². The number of fused-ring (bicyclic) bond motifs is 1. The van der Waals surface area contributed by atoms with Crippen LogP contribution in [0.4, 0.5) is 11.4 Å². The first-order valence-corrected chi connectivity index (χ1v) is 6.06. The fraction of sp³-hybridized carbons (Fsp3) is 0.385. The highest BCUT2D eigenvalue weighted by Crippen LogP contribution is 2.29. The summed E-state index contributed by atoms with van der Waals surface area (Å²) in [6.45, 7) is 0.286. The zero-order valence-electron chi connectivity index (χ0n) is 10.9. The summed E-state index contributed by atoms with van der Waals surface area (Å²) in [4.78, 5) is 24.1. The lowest BCUT2D eigenvalue weighted by Crippen LogP contribution is -2.39. The number of nitrogens with zero attached hydrogens (tertiary/aromatic N) is 1. The third kappa shape index (κ3) is 2.68. The van der Waals surface area contributed by atoms with Crippen LogP contribution >= 0.6 is 0 Å². The zero-order chi connectivity index (χ0) is 14.0. The Morgan fingerprint density at radius 3 is 2.89 bits per heavy atom. The van der Waals surface area contributed by atoms with Crippen LogP contribution in [0.1, 0.15) is 5.56 Å². The first kappa shape index (κ1) is 13.4. The van der Waals surface area contributed by atoms with E-state index in [0.29, 0.717) is 6.42 Å². The highest BCUT2D eigenvalue weighted by Gasteiger charge is 2.24. The Bertz CT molecular complexity index is 516. The lowest BCUT2D eigenvalue weighted by molar-refractivity contribution is -0.138. The molecule has 19 heavy (non-hydrogen) atoms. The molecular formula is C13H17N3O3. The minimum atomic E-state index is -0.897. The number of anilines is 2. The van der Waals surface area contributed by atoms with Gasteiger partial charge in [-0.2, -0.15) is 0 Å².